The minimum Gasteiger partial charge on any atom is -0.339 e. The molecule has 1 aromatic carbocycles. The van der Waals surface area contributed by atoms with E-state index in [0.717, 1.165) is 25.7 Å². The Morgan fingerprint density at radius 1 is 1.23 bits per heavy atom. The summed E-state index contributed by atoms with van der Waals surface area (Å²) in [6.45, 7) is 1.93. The van der Waals surface area contributed by atoms with Crippen LogP contribution in [0.4, 0.5) is 10.1 Å². The molecule has 1 aliphatic rings. The minimum atomic E-state index is -0.452. The number of hydrogen-bond acceptors (Lipinski definition) is 2. The van der Waals surface area contributed by atoms with E-state index in [1.54, 1.807) is 24.0 Å². The maximum absolute atomic E-state index is 13.5. The fourth-order valence-corrected chi connectivity index (χ4v) is 2.99. The molecule has 0 spiro atoms. The van der Waals surface area contributed by atoms with Gasteiger partial charge in [0.05, 0.1) is 5.69 Å². The van der Waals surface area contributed by atoms with Crippen molar-refractivity contribution in [2.45, 2.75) is 51.5 Å². The summed E-state index contributed by atoms with van der Waals surface area (Å²) in [7, 11) is 0. The van der Waals surface area contributed by atoms with Gasteiger partial charge in [0.25, 0.3) is 0 Å². The van der Waals surface area contributed by atoms with E-state index >= 15 is 0 Å². The van der Waals surface area contributed by atoms with Gasteiger partial charge in [0.2, 0.25) is 11.8 Å². The van der Waals surface area contributed by atoms with Gasteiger partial charge in [-0.15, -0.1) is 0 Å². The SMILES string of the molecule is CC(=O)N(CCC(=O)Nc1ccccc1F)C1CCCCC1. The third kappa shape index (κ3) is 4.55. The Morgan fingerprint density at radius 2 is 1.91 bits per heavy atom. The second-order valence-electron chi connectivity index (χ2n) is 5.78. The summed E-state index contributed by atoms with van der Waals surface area (Å²) in [6, 6.07) is 6.32. The molecule has 1 N–H and O–H groups in total. The predicted molar refractivity (Wildman–Crippen MR) is 83.9 cm³/mol. The lowest BCUT2D eigenvalue weighted by Gasteiger charge is -2.33. The van der Waals surface area contributed by atoms with Gasteiger partial charge in [-0.05, 0) is 25.0 Å². The maximum atomic E-state index is 13.5. The second-order valence-corrected chi connectivity index (χ2v) is 5.78. The van der Waals surface area contributed by atoms with Gasteiger partial charge in [0, 0.05) is 25.9 Å². The largest absolute Gasteiger partial charge is 0.339 e. The van der Waals surface area contributed by atoms with Gasteiger partial charge in [0.15, 0.2) is 0 Å². The first kappa shape index (κ1) is 16.5. The van der Waals surface area contributed by atoms with Crippen LogP contribution >= 0.6 is 0 Å². The van der Waals surface area contributed by atoms with Crippen molar-refractivity contribution < 1.29 is 14.0 Å². The molecule has 1 saturated carbocycles. The molecule has 2 amide bonds. The zero-order chi connectivity index (χ0) is 15.9. The third-order valence-electron chi connectivity index (χ3n) is 4.15. The van der Waals surface area contributed by atoms with Gasteiger partial charge < -0.3 is 10.2 Å². The Kier molecular flexibility index (Phi) is 5.92. The molecule has 1 aromatic rings. The molecule has 0 unspecified atom stereocenters. The summed E-state index contributed by atoms with van der Waals surface area (Å²) in [5.74, 6) is -0.718. The van der Waals surface area contributed by atoms with Crippen LogP contribution < -0.4 is 5.32 Å². The number of nitrogens with zero attached hydrogens (tertiary/aromatic N) is 1. The molecule has 0 radical (unpaired) electrons. The molecule has 5 heteroatoms. The van der Waals surface area contributed by atoms with E-state index in [2.05, 4.69) is 5.32 Å². The van der Waals surface area contributed by atoms with Gasteiger partial charge in [-0.3, -0.25) is 9.59 Å². The number of hydrogen-bond donors (Lipinski definition) is 1. The van der Waals surface area contributed by atoms with Gasteiger partial charge in [-0.2, -0.15) is 0 Å². The molecule has 0 saturated heterocycles. The lowest BCUT2D eigenvalue weighted by Crippen LogP contribution is -2.41. The van der Waals surface area contributed by atoms with E-state index in [1.807, 2.05) is 0 Å². The van der Waals surface area contributed by atoms with Gasteiger partial charge in [0.1, 0.15) is 5.82 Å². The van der Waals surface area contributed by atoms with Crippen LogP contribution in [-0.2, 0) is 9.59 Å². The summed E-state index contributed by atoms with van der Waals surface area (Å²) in [5, 5.41) is 2.56. The highest BCUT2D eigenvalue weighted by molar-refractivity contribution is 5.91. The lowest BCUT2D eigenvalue weighted by atomic mass is 9.94. The van der Waals surface area contributed by atoms with Crippen LogP contribution in [0, 0.1) is 5.82 Å². The molecular formula is C17H23FN2O2. The van der Waals surface area contributed by atoms with Crippen molar-refractivity contribution in [3.8, 4) is 0 Å². The number of carbonyl (C=O) groups excluding carboxylic acids is 2. The van der Waals surface area contributed by atoms with Crippen molar-refractivity contribution in [2.24, 2.45) is 0 Å². The molecule has 0 atom stereocenters. The van der Waals surface area contributed by atoms with Crippen LogP contribution in [-0.4, -0.2) is 29.3 Å². The first-order valence-electron chi connectivity index (χ1n) is 7.89. The highest BCUT2D eigenvalue weighted by Gasteiger charge is 2.23. The van der Waals surface area contributed by atoms with Gasteiger partial charge in [-0.1, -0.05) is 31.4 Å². The molecule has 0 bridgehead atoms. The summed E-state index contributed by atoms with van der Waals surface area (Å²) in [6.07, 6.45) is 5.69. The molecule has 22 heavy (non-hydrogen) atoms. The number of benzene rings is 1. The normalized spacial score (nSPS) is 15.4. The van der Waals surface area contributed by atoms with Crippen molar-refractivity contribution in [1.82, 2.24) is 4.90 Å². The van der Waals surface area contributed by atoms with Crippen LogP contribution in [0.15, 0.2) is 24.3 Å². The molecule has 0 aliphatic heterocycles. The molecule has 1 aliphatic carbocycles. The molecule has 2 rings (SSSR count). The van der Waals surface area contributed by atoms with Crippen molar-refractivity contribution in [3.05, 3.63) is 30.1 Å². The quantitative estimate of drug-likeness (QED) is 0.907. The fraction of sp³-hybridized carbons (Fsp3) is 0.529. The Bertz CT molecular complexity index is 527. The number of halogens is 1. The first-order valence-corrected chi connectivity index (χ1v) is 7.89. The van der Waals surface area contributed by atoms with E-state index in [1.165, 1.54) is 18.6 Å². The van der Waals surface area contributed by atoms with Crippen LogP contribution in [0.2, 0.25) is 0 Å². The number of rotatable bonds is 5. The Balaban J connectivity index is 1.87. The van der Waals surface area contributed by atoms with Gasteiger partial charge >= 0.3 is 0 Å². The van der Waals surface area contributed by atoms with Gasteiger partial charge in [-0.25, -0.2) is 4.39 Å². The van der Waals surface area contributed by atoms with E-state index < -0.39 is 5.82 Å². The van der Waals surface area contributed by atoms with Crippen molar-refractivity contribution in [1.29, 1.82) is 0 Å². The number of para-hydroxylation sites is 1. The van der Waals surface area contributed by atoms with Crippen LogP contribution in [0.3, 0.4) is 0 Å². The van der Waals surface area contributed by atoms with Crippen molar-refractivity contribution in [3.63, 3.8) is 0 Å². The first-order chi connectivity index (χ1) is 10.6. The summed E-state index contributed by atoms with van der Waals surface area (Å²) >= 11 is 0. The number of nitrogens with one attached hydrogen (secondary N) is 1. The lowest BCUT2D eigenvalue weighted by molar-refractivity contribution is -0.132. The third-order valence-corrected chi connectivity index (χ3v) is 4.15. The van der Waals surface area contributed by atoms with Crippen molar-refractivity contribution >= 4 is 17.5 Å². The van der Waals surface area contributed by atoms with Crippen LogP contribution in [0.5, 0.6) is 0 Å². The number of amides is 2. The smallest absolute Gasteiger partial charge is 0.226 e. The van der Waals surface area contributed by atoms with Crippen molar-refractivity contribution in [2.75, 3.05) is 11.9 Å². The molecule has 120 valence electrons. The average molecular weight is 306 g/mol. The van der Waals surface area contributed by atoms with Crippen LogP contribution in [0.25, 0.3) is 0 Å². The molecule has 1 fully saturated rings. The van der Waals surface area contributed by atoms with E-state index in [-0.39, 0.29) is 30.0 Å². The average Bonchev–Trinajstić information content (AvgIpc) is 2.50. The summed E-state index contributed by atoms with van der Waals surface area (Å²) in [4.78, 5) is 25.6. The van der Waals surface area contributed by atoms with E-state index in [9.17, 15) is 14.0 Å². The molecule has 0 heterocycles. The fourth-order valence-electron chi connectivity index (χ4n) is 2.99. The molecule has 0 aromatic heterocycles. The second kappa shape index (κ2) is 7.92. The minimum absolute atomic E-state index is 0.00518. The zero-order valence-corrected chi connectivity index (χ0v) is 13.0. The molecular weight excluding hydrogens is 283 g/mol. The predicted octanol–water partition coefficient (Wildman–Crippen LogP) is 3.34. The van der Waals surface area contributed by atoms with E-state index in [4.69, 9.17) is 0 Å². The van der Waals surface area contributed by atoms with E-state index in [0.29, 0.717) is 6.54 Å². The Labute approximate surface area is 130 Å². The summed E-state index contributed by atoms with van der Waals surface area (Å²) < 4.78 is 13.5. The summed E-state index contributed by atoms with van der Waals surface area (Å²) in [5.41, 5.74) is 0.180. The highest BCUT2D eigenvalue weighted by atomic mass is 19.1. The number of anilines is 1. The number of carbonyl (C=O) groups is 2. The highest BCUT2D eigenvalue weighted by Crippen LogP contribution is 2.23. The Morgan fingerprint density at radius 3 is 2.55 bits per heavy atom. The van der Waals surface area contributed by atoms with Crippen LogP contribution in [0.1, 0.15) is 45.4 Å². The Hall–Kier alpha value is -1.91. The standard InChI is InChI=1S/C17H23FN2O2/c1-13(21)20(14-7-3-2-4-8-14)12-11-17(22)19-16-10-6-5-9-15(16)18/h5-6,9-10,14H,2-4,7-8,11-12H2,1H3,(H,19,22). The topological polar surface area (TPSA) is 49.4 Å². The molecule has 4 nitrogen and oxygen atoms in total. The monoisotopic (exact) mass is 306 g/mol. The maximum Gasteiger partial charge on any atom is 0.226 e. The zero-order valence-electron chi connectivity index (χ0n) is 13.0.